The topological polar surface area (TPSA) is 56.0 Å². The van der Waals surface area contributed by atoms with E-state index in [9.17, 15) is 0 Å². The number of hydrogen-bond donors (Lipinski definition) is 0. The molecule has 0 aliphatic carbocycles. The molecule has 37 heavy (non-hydrogen) atoms. The van der Waals surface area contributed by atoms with Crippen LogP contribution >= 0.6 is 0 Å². The molecule has 5 heterocycles. The van der Waals surface area contributed by atoms with Crippen LogP contribution in [0.5, 0.6) is 0 Å². The molecule has 0 saturated carbocycles. The second kappa shape index (κ2) is 8.81. The van der Waals surface area contributed by atoms with E-state index in [2.05, 4.69) is 69.1 Å². The highest BCUT2D eigenvalue weighted by molar-refractivity contribution is 6.06. The fraction of sp³-hybridized carbons (Fsp3) is 0. The van der Waals surface area contributed by atoms with Gasteiger partial charge in [0.05, 0.1) is 17.1 Å². The zero-order valence-electron chi connectivity index (χ0n) is 19.9. The predicted molar refractivity (Wildman–Crippen MR) is 148 cm³/mol. The molecule has 0 spiro atoms. The SMILES string of the molecule is c1ccc(-c2nc3ccccn3c2-c2ccc(-c3ccc(-c4ccncc4)cn3)c3ccccc23)nc1. The van der Waals surface area contributed by atoms with Crippen LogP contribution in [0.4, 0.5) is 0 Å². The number of benzene rings is 2. The smallest absolute Gasteiger partial charge is 0.138 e. The first kappa shape index (κ1) is 21.1. The van der Waals surface area contributed by atoms with Crippen molar-refractivity contribution in [2.24, 2.45) is 0 Å². The Morgan fingerprint density at radius 2 is 1.32 bits per heavy atom. The maximum absolute atomic E-state index is 4.97. The lowest BCUT2D eigenvalue weighted by Gasteiger charge is -2.13. The van der Waals surface area contributed by atoms with Gasteiger partial charge in [0.1, 0.15) is 11.3 Å². The number of imidazole rings is 1. The highest BCUT2D eigenvalue weighted by atomic mass is 15.0. The fourth-order valence-corrected chi connectivity index (χ4v) is 4.93. The highest BCUT2D eigenvalue weighted by Crippen LogP contribution is 2.39. The Labute approximate surface area is 213 Å². The molecule has 0 amide bonds. The molecular weight excluding hydrogens is 454 g/mol. The monoisotopic (exact) mass is 475 g/mol. The lowest BCUT2D eigenvalue weighted by molar-refractivity contribution is 1.19. The summed E-state index contributed by atoms with van der Waals surface area (Å²) in [7, 11) is 0. The van der Waals surface area contributed by atoms with Gasteiger partial charge in [-0.25, -0.2) is 4.98 Å². The van der Waals surface area contributed by atoms with E-state index in [1.165, 1.54) is 0 Å². The van der Waals surface area contributed by atoms with Crippen molar-refractivity contribution in [3.8, 4) is 45.0 Å². The number of pyridine rings is 4. The lowest BCUT2D eigenvalue weighted by Crippen LogP contribution is -1.93. The second-order valence-electron chi connectivity index (χ2n) is 8.83. The van der Waals surface area contributed by atoms with Crippen LogP contribution < -0.4 is 0 Å². The van der Waals surface area contributed by atoms with Crippen LogP contribution in [0.1, 0.15) is 0 Å². The van der Waals surface area contributed by atoms with Gasteiger partial charge in [-0.05, 0) is 58.8 Å². The lowest BCUT2D eigenvalue weighted by atomic mass is 9.94. The number of fused-ring (bicyclic) bond motifs is 2. The summed E-state index contributed by atoms with van der Waals surface area (Å²) < 4.78 is 2.15. The number of rotatable bonds is 4. The Kier molecular flexibility index (Phi) is 5.03. The van der Waals surface area contributed by atoms with Crippen LogP contribution in [0, 0.1) is 0 Å². The molecule has 174 valence electrons. The Morgan fingerprint density at radius 1 is 0.541 bits per heavy atom. The van der Waals surface area contributed by atoms with Crippen molar-refractivity contribution < 1.29 is 0 Å². The van der Waals surface area contributed by atoms with Crippen molar-refractivity contribution >= 4 is 16.4 Å². The Hall–Kier alpha value is -5.16. The standard InChI is InChI=1S/C32H21N5/c1-2-8-25-24(7-1)26(28-14-11-23(21-35-28)22-15-18-33-19-16-22)12-13-27(25)32-31(29-9-3-5-17-34-29)36-30-10-4-6-20-37(30)32/h1-21H. The van der Waals surface area contributed by atoms with Crippen molar-refractivity contribution in [2.75, 3.05) is 0 Å². The minimum absolute atomic E-state index is 0.850. The van der Waals surface area contributed by atoms with E-state index in [0.29, 0.717) is 0 Å². The van der Waals surface area contributed by atoms with Crippen molar-refractivity contribution in [3.05, 3.63) is 128 Å². The van der Waals surface area contributed by atoms with Gasteiger partial charge in [-0.1, -0.05) is 54.6 Å². The normalized spacial score (nSPS) is 11.2. The van der Waals surface area contributed by atoms with Gasteiger partial charge in [0, 0.05) is 47.7 Å². The molecule has 2 aromatic carbocycles. The molecule has 0 unspecified atom stereocenters. The molecule has 5 heteroatoms. The first-order valence-electron chi connectivity index (χ1n) is 12.1. The maximum atomic E-state index is 4.97. The van der Waals surface area contributed by atoms with Crippen LogP contribution in [0.2, 0.25) is 0 Å². The number of nitrogens with zero attached hydrogens (tertiary/aromatic N) is 5. The Balaban J connectivity index is 1.42. The van der Waals surface area contributed by atoms with Crippen molar-refractivity contribution in [1.82, 2.24) is 24.3 Å². The molecule has 0 aliphatic heterocycles. The van der Waals surface area contributed by atoms with Gasteiger partial charge in [0.25, 0.3) is 0 Å². The van der Waals surface area contributed by atoms with Crippen molar-refractivity contribution in [2.45, 2.75) is 0 Å². The van der Waals surface area contributed by atoms with Crippen LogP contribution in [0.15, 0.2) is 128 Å². The third-order valence-corrected chi connectivity index (χ3v) is 6.67. The second-order valence-corrected chi connectivity index (χ2v) is 8.83. The summed E-state index contributed by atoms with van der Waals surface area (Å²) in [5, 5.41) is 2.28. The quantitative estimate of drug-likeness (QED) is 0.267. The third-order valence-electron chi connectivity index (χ3n) is 6.67. The van der Waals surface area contributed by atoms with Gasteiger partial charge in [-0.2, -0.15) is 0 Å². The summed E-state index contributed by atoms with van der Waals surface area (Å²) in [6, 6.07) is 33.0. The molecule has 5 nitrogen and oxygen atoms in total. The van der Waals surface area contributed by atoms with Gasteiger partial charge in [0.2, 0.25) is 0 Å². The predicted octanol–water partition coefficient (Wildman–Crippen LogP) is 7.34. The molecule has 7 rings (SSSR count). The van der Waals surface area contributed by atoms with Crippen LogP contribution in [0.25, 0.3) is 61.4 Å². The molecule has 0 aliphatic rings. The van der Waals surface area contributed by atoms with Crippen LogP contribution in [-0.4, -0.2) is 24.3 Å². The zero-order valence-corrected chi connectivity index (χ0v) is 19.9. The summed E-state index contributed by atoms with van der Waals surface area (Å²) in [5.74, 6) is 0. The minimum Gasteiger partial charge on any atom is -0.299 e. The summed E-state index contributed by atoms with van der Waals surface area (Å²) >= 11 is 0. The molecule has 0 saturated heterocycles. The fourth-order valence-electron chi connectivity index (χ4n) is 4.93. The third kappa shape index (κ3) is 3.65. The largest absolute Gasteiger partial charge is 0.299 e. The molecule has 5 aromatic heterocycles. The van der Waals surface area contributed by atoms with E-state index in [-0.39, 0.29) is 0 Å². The zero-order chi connectivity index (χ0) is 24.6. The summed E-state index contributed by atoms with van der Waals surface area (Å²) in [4.78, 5) is 18.5. The summed E-state index contributed by atoms with van der Waals surface area (Å²) in [6.07, 6.45) is 9.40. The Morgan fingerprint density at radius 3 is 2.11 bits per heavy atom. The molecule has 0 fully saturated rings. The van der Waals surface area contributed by atoms with E-state index in [0.717, 1.165) is 61.4 Å². The van der Waals surface area contributed by atoms with E-state index < -0.39 is 0 Å². The summed E-state index contributed by atoms with van der Waals surface area (Å²) in [6.45, 7) is 0. The molecule has 0 radical (unpaired) electrons. The van der Waals surface area contributed by atoms with Crippen LogP contribution in [-0.2, 0) is 0 Å². The van der Waals surface area contributed by atoms with Crippen molar-refractivity contribution in [1.29, 1.82) is 0 Å². The van der Waals surface area contributed by atoms with E-state index in [1.54, 1.807) is 12.4 Å². The average molecular weight is 476 g/mol. The molecule has 7 aromatic rings. The van der Waals surface area contributed by atoms with Gasteiger partial charge < -0.3 is 0 Å². The van der Waals surface area contributed by atoms with Gasteiger partial charge in [0.15, 0.2) is 0 Å². The molecule has 0 bridgehead atoms. The maximum Gasteiger partial charge on any atom is 0.138 e. The van der Waals surface area contributed by atoms with E-state index >= 15 is 0 Å². The van der Waals surface area contributed by atoms with Gasteiger partial charge >= 0.3 is 0 Å². The number of hydrogen-bond acceptors (Lipinski definition) is 4. The summed E-state index contributed by atoms with van der Waals surface area (Å²) in [5.41, 5.74) is 8.93. The number of aromatic nitrogens is 5. The Bertz CT molecular complexity index is 1860. The first-order valence-corrected chi connectivity index (χ1v) is 12.1. The van der Waals surface area contributed by atoms with Crippen molar-refractivity contribution in [3.63, 3.8) is 0 Å². The van der Waals surface area contributed by atoms with E-state index in [4.69, 9.17) is 9.97 Å². The first-order chi connectivity index (χ1) is 18.4. The minimum atomic E-state index is 0.850. The highest BCUT2D eigenvalue weighted by Gasteiger charge is 2.19. The molecule has 0 N–H and O–H groups in total. The van der Waals surface area contributed by atoms with Gasteiger partial charge in [-0.15, -0.1) is 0 Å². The van der Waals surface area contributed by atoms with Crippen LogP contribution in [0.3, 0.4) is 0 Å². The molecule has 0 atom stereocenters. The average Bonchev–Trinajstić information content (AvgIpc) is 3.37. The van der Waals surface area contributed by atoms with Gasteiger partial charge in [-0.3, -0.25) is 19.4 Å². The van der Waals surface area contributed by atoms with E-state index in [1.807, 2.05) is 60.9 Å². The molecular formula is C32H21N5.